The van der Waals surface area contributed by atoms with E-state index in [4.69, 9.17) is 4.74 Å². The Morgan fingerprint density at radius 1 is 1.00 bits per heavy atom. The molecule has 0 aliphatic heterocycles. The first kappa shape index (κ1) is 22.5. The fourth-order valence-electron chi connectivity index (χ4n) is 3.59. The molecule has 2 aromatic rings. The molecule has 0 bridgehead atoms. The number of nitrogens with one attached hydrogen (secondary N) is 1. The van der Waals surface area contributed by atoms with E-state index in [0.717, 1.165) is 28.0 Å². The maximum atomic E-state index is 13.3. The Morgan fingerprint density at radius 2 is 1.62 bits per heavy atom. The van der Waals surface area contributed by atoms with Crippen LogP contribution in [-0.4, -0.2) is 36.4 Å². The maximum absolute atomic E-state index is 13.3. The summed E-state index contributed by atoms with van der Waals surface area (Å²) >= 11 is 0. The molecule has 1 atom stereocenters. The lowest BCUT2D eigenvalue weighted by Gasteiger charge is -2.30. The van der Waals surface area contributed by atoms with Gasteiger partial charge in [0.1, 0.15) is 11.8 Å². The molecule has 0 saturated heterocycles. The van der Waals surface area contributed by atoms with Crippen LogP contribution in [0.2, 0.25) is 0 Å². The number of amides is 2. The zero-order valence-electron chi connectivity index (χ0n) is 18.1. The summed E-state index contributed by atoms with van der Waals surface area (Å²) in [6.07, 6.45) is 0.829. The standard InChI is InChI=1S/C24H32N2O3/c1-6-22(24(28)25-7-2)26(16-19-8-10-21(29-5)11-9-19)23(27)15-20-13-17(3)12-18(4)14-20/h8-14,22H,6-7,15-16H2,1-5H3,(H,25,28)/t22-/m0/s1. The molecule has 1 N–H and O–H groups in total. The Bertz CT molecular complexity index is 810. The van der Waals surface area contributed by atoms with Gasteiger partial charge < -0.3 is 15.0 Å². The molecule has 0 aromatic heterocycles. The van der Waals surface area contributed by atoms with E-state index in [1.165, 1.54) is 0 Å². The summed E-state index contributed by atoms with van der Waals surface area (Å²) in [6, 6.07) is 13.3. The van der Waals surface area contributed by atoms with Crippen molar-refractivity contribution in [1.29, 1.82) is 0 Å². The largest absolute Gasteiger partial charge is 0.497 e. The van der Waals surface area contributed by atoms with E-state index in [1.54, 1.807) is 12.0 Å². The van der Waals surface area contributed by atoms with Gasteiger partial charge in [0.25, 0.3) is 0 Å². The monoisotopic (exact) mass is 396 g/mol. The third-order valence-corrected chi connectivity index (χ3v) is 4.89. The lowest BCUT2D eigenvalue weighted by molar-refractivity contribution is -0.140. The van der Waals surface area contributed by atoms with Crippen LogP contribution in [0.1, 0.15) is 42.5 Å². The Morgan fingerprint density at radius 3 is 2.14 bits per heavy atom. The Balaban J connectivity index is 2.30. The number of likely N-dealkylation sites (N-methyl/N-ethyl adjacent to an activating group) is 1. The second-order valence-corrected chi connectivity index (χ2v) is 7.36. The summed E-state index contributed by atoms with van der Waals surface area (Å²) in [5.74, 6) is 0.596. The molecule has 2 amide bonds. The first-order valence-corrected chi connectivity index (χ1v) is 10.1. The molecule has 0 saturated carbocycles. The molecule has 156 valence electrons. The van der Waals surface area contributed by atoms with Gasteiger partial charge >= 0.3 is 0 Å². The zero-order valence-corrected chi connectivity index (χ0v) is 18.1. The van der Waals surface area contributed by atoms with Crippen molar-refractivity contribution in [2.45, 2.75) is 53.1 Å². The summed E-state index contributed by atoms with van der Waals surface area (Å²) in [6.45, 7) is 8.79. The molecule has 29 heavy (non-hydrogen) atoms. The van der Waals surface area contributed by atoms with Crippen LogP contribution in [0.3, 0.4) is 0 Å². The number of benzene rings is 2. The zero-order chi connectivity index (χ0) is 21.4. The first-order valence-electron chi connectivity index (χ1n) is 10.1. The number of nitrogens with zero attached hydrogens (tertiary/aromatic N) is 1. The van der Waals surface area contributed by atoms with Crippen molar-refractivity contribution in [3.8, 4) is 5.75 Å². The van der Waals surface area contributed by atoms with Crippen LogP contribution in [0.4, 0.5) is 0 Å². The van der Waals surface area contributed by atoms with Gasteiger partial charge in [-0.15, -0.1) is 0 Å². The van der Waals surface area contributed by atoms with Crippen molar-refractivity contribution in [1.82, 2.24) is 10.2 Å². The van der Waals surface area contributed by atoms with E-state index < -0.39 is 6.04 Å². The molecule has 0 aliphatic rings. The highest BCUT2D eigenvalue weighted by Gasteiger charge is 2.28. The Kier molecular flexibility index (Phi) is 8.25. The fourth-order valence-corrected chi connectivity index (χ4v) is 3.59. The summed E-state index contributed by atoms with van der Waals surface area (Å²) in [7, 11) is 1.62. The van der Waals surface area contributed by atoms with Crippen LogP contribution in [0.15, 0.2) is 42.5 Å². The first-order chi connectivity index (χ1) is 13.9. The van der Waals surface area contributed by atoms with E-state index in [0.29, 0.717) is 19.5 Å². The third-order valence-electron chi connectivity index (χ3n) is 4.89. The molecule has 2 rings (SSSR count). The number of ether oxygens (including phenoxy) is 1. The molecule has 0 radical (unpaired) electrons. The minimum absolute atomic E-state index is 0.0519. The highest BCUT2D eigenvalue weighted by atomic mass is 16.5. The van der Waals surface area contributed by atoms with E-state index >= 15 is 0 Å². The lowest BCUT2D eigenvalue weighted by Crippen LogP contribution is -2.49. The SMILES string of the molecule is CCNC(=O)[C@H](CC)N(Cc1ccc(OC)cc1)C(=O)Cc1cc(C)cc(C)c1. The number of hydrogen-bond acceptors (Lipinski definition) is 3. The van der Waals surface area contributed by atoms with E-state index in [-0.39, 0.29) is 18.2 Å². The van der Waals surface area contributed by atoms with Crippen molar-refractivity contribution in [2.24, 2.45) is 0 Å². The Hall–Kier alpha value is -2.82. The molecular formula is C24H32N2O3. The van der Waals surface area contributed by atoms with E-state index in [9.17, 15) is 9.59 Å². The number of hydrogen-bond donors (Lipinski definition) is 1. The topological polar surface area (TPSA) is 58.6 Å². The predicted molar refractivity (Wildman–Crippen MR) is 116 cm³/mol. The van der Waals surface area contributed by atoms with Crippen LogP contribution in [-0.2, 0) is 22.6 Å². The van der Waals surface area contributed by atoms with Gasteiger partial charge in [0, 0.05) is 13.1 Å². The van der Waals surface area contributed by atoms with Crippen LogP contribution in [0.5, 0.6) is 5.75 Å². The quantitative estimate of drug-likeness (QED) is 0.701. The molecule has 5 nitrogen and oxygen atoms in total. The number of carbonyl (C=O) groups is 2. The molecule has 0 spiro atoms. The van der Waals surface area contributed by atoms with Gasteiger partial charge in [0.05, 0.1) is 13.5 Å². The molecule has 5 heteroatoms. The minimum Gasteiger partial charge on any atom is -0.497 e. The third kappa shape index (κ3) is 6.34. The second kappa shape index (κ2) is 10.6. The van der Waals surface area contributed by atoms with Gasteiger partial charge in [-0.2, -0.15) is 0 Å². The summed E-state index contributed by atoms with van der Waals surface area (Å²) < 4.78 is 5.22. The molecule has 2 aromatic carbocycles. The minimum atomic E-state index is -0.504. The number of aryl methyl sites for hydroxylation is 2. The van der Waals surface area contributed by atoms with Gasteiger partial charge in [0.2, 0.25) is 11.8 Å². The van der Waals surface area contributed by atoms with Crippen LogP contribution in [0, 0.1) is 13.8 Å². The maximum Gasteiger partial charge on any atom is 0.242 e. The highest BCUT2D eigenvalue weighted by Crippen LogP contribution is 2.18. The van der Waals surface area contributed by atoms with Gasteiger partial charge in [-0.25, -0.2) is 0 Å². The summed E-state index contributed by atoms with van der Waals surface area (Å²) in [4.78, 5) is 27.6. The summed E-state index contributed by atoms with van der Waals surface area (Å²) in [5.41, 5.74) is 4.19. The molecular weight excluding hydrogens is 364 g/mol. The average molecular weight is 397 g/mol. The predicted octanol–water partition coefficient (Wildman–Crippen LogP) is 3.80. The molecule has 0 fully saturated rings. The van der Waals surface area contributed by atoms with E-state index in [2.05, 4.69) is 11.4 Å². The van der Waals surface area contributed by atoms with Gasteiger partial charge in [-0.3, -0.25) is 9.59 Å². The molecule has 0 heterocycles. The molecule has 0 aliphatic carbocycles. The molecule has 0 unspecified atom stereocenters. The van der Waals surface area contributed by atoms with Crippen LogP contribution in [0.25, 0.3) is 0 Å². The van der Waals surface area contributed by atoms with Crippen LogP contribution < -0.4 is 10.1 Å². The number of rotatable bonds is 9. The highest BCUT2D eigenvalue weighted by molar-refractivity contribution is 5.88. The van der Waals surface area contributed by atoms with Gasteiger partial charge in [-0.1, -0.05) is 48.4 Å². The van der Waals surface area contributed by atoms with Crippen molar-refractivity contribution < 1.29 is 14.3 Å². The number of carbonyl (C=O) groups excluding carboxylic acids is 2. The van der Waals surface area contributed by atoms with Crippen molar-refractivity contribution in [3.05, 3.63) is 64.7 Å². The van der Waals surface area contributed by atoms with Crippen LogP contribution >= 0.6 is 0 Å². The van der Waals surface area contributed by atoms with Crippen molar-refractivity contribution in [2.75, 3.05) is 13.7 Å². The normalized spacial score (nSPS) is 11.6. The average Bonchev–Trinajstić information content (AvgIpc) is 2.67. The van der Waals surface area contributed by atoms with E-state index in [1.807, 2.05) is 64.1 Å². The smallest absolute Gasteiger partial charge is 0.242 e. The fraction of sp³-hybridized carbons (Fsp3) is 0.417. The van der Waals surface area contributed by atoms with Gasteiger partial charge in [0.15, 0.2) is 0 Å². The van der Waals surface area contributed by atoms with Gasteiger partial charge in [-0.05, 0) is 50.5 Å². The lowest BCUT2D eigenvalue weighted by atomic mass is 10.0. The Labute approximate surface area is 174 Å². The van der Waals surface area contributed by atoms with Crippen molar-refractivity contribution in [3.63, 3.8) is 0 Å². The summed E-state index contributed by atoms with van der Waals surface area (Å²) in [5, 5.41) is 2.87. The number of methoxy groups -OCH3 is 1. The second-order valence-electron chi connectivity index (χ2n) is 7.36. The van der Waals surface area contributed by atoms with Crippen molar-refractivity contribution >= 4 is 11.8 Å².